The summed E-state index contributed by atoms with van der Waals surface area (Å²) < 4.78 is 1.12. The second-order valence-electron chi connectivity index (χ2n) is 6.70. The number of carbonyl (C=O) groups excluding carboxylic acids is 1. The molecule has 0 aliphatic heterocycles. The molecular weight excluding hydrogens is 360 g/mol. The lowest BCUT2D eigenvalue weighted by molar-refractivity contribution is -0.129. The number of aromatic nitrogens is 5. The van der Waals surface area contributed by atoms with E-state index in [0.29, 0.717) is 12.4 Å². The molecule has 0 aliphatic rings. The quantitative estimate of drug-likeness (QED) is 0.638. The molecule has 132 valence electrons. The number of tetrazole rings is 1. The first-order valence-electron chi connectivity index (χ1n) is 7.82. The molecule has 2 aromatic heterocycles. The van der Waals surface area contributed by atoms with Crippen molar-refractivity contribution in [1.82, 2.24) is 30.1 Å². The summed E-state index contributed by atoms with van der Waals surface area (Å²) in [6, 6.07) is 5.99. The first-order valence-corrected chi connectivity index (χ1v) is 9.23. The Hall–Kier alpha value is -2.06. The van der Waals surface area contributed by atoms with E-state index in [1.165, 1.54) is 0 Å². The molecule has 0 saturated carbocycles. The molecule has 0 saturated heterocycles. The number of fused-ring (bicyclic) bond motifs is 1. The van der Waals surface area contributed by atoms with Crippen molar-refractivity contribution in [2.75, 3.05) is 5.88 Å². The highest BCUT2D eigenvalue weighted by atomic mass is 35.5. The summed E-state index contributed by atoms with van der Waals surface area (Å²) in [5.74, 6) is 0.224. The fraction of sp³-hybridized carbons (Fsp3) is 0.438. The van der Waals surface area contributed by atoms with Gasteiger partial charge in [-0.2, -0.15) is 4.80 Å². The van der Waals surface area contributed by atoms with Gasteiger partial charge in [0, 0.05) is 6.54 Å². The molecule has 25 heavy (non-hydrogen) atoms. The van der Waals surface area contributed by atoms with E-state index in [-0.39, 0.29) is 23.9 Å². The number of nitrogens with zero attached hydrogens (tertiary/aromatic N) is 6. The zero-order chi connectivity index (χ0) is 18.0. The van der Waals surface area contributed by atoms with E-state index in [0.717, 1.165) is 15.8 Å². The van der Waals surface area contributed by atoms with Gasteiger partial charge < -0.3 is 4.90 Å². The molecule has 0 aliphatic carbocycles. The van der Waals surface area contributed by atoms with Crippen LogP contribution in [0.1, 0.15) is 32.2 Å². The molecular formula is C16H19ClN6OS. The first kappa shape index (κ1) is 17.8. The largest absolute Gasteiger partial charge is 0.330 e. The van der Waals surface area contributed by atoms with E-state index in [4.69, 9.17) is 11.6 Å². The van der Waals surface area contributed by atoms with Crippen LogP contribution in [0.4, 0.5) is 0 Å². The molecule has 3 rings (SSSR count). The maximum absolute atomic E-state index is 12.2. The van der Waals surface area contributed by atoms with Crippen molar-refractivity contribution in [2.24, 2.45) is 0 Å². The Morgan fingerprint density at radius 3 is 2.80 bits per heavy atom. The number of thiazole rings is 1. The van der Waals surface area contributed by atoms with E-state index >= 15 is 0 Å². The Kier molecular flexibility index (Phi) is 5.01. The lowest BCUT2D eigenvalue weighted by Gasteiger charge is -2.20. The maximum Gasteiger partial charge on any atom is 0.238 e. The number of hydrogen-bond acceptors (Lipinski definition) is 6. The molecule has 0 atom stereocenters. The lowest BCUT2D eigenvalue weighted by atomic mass is 10.1. The standard InChI is InChI=1S/C16H19ClN6OS/c1-16(2,3)23-20-14(19-21-23)9-22(15(24)7-17)8-11-4-5-13-12(6-11)18-10-25-13/h4-6,10H,7-9H2,1-3H3. The number of hydrogen-bond donors (Lipinski definition) is 0. The number of halogens is 1. The fourth-order valence-corrected chi connectivity index (χ4v) is 3.13. The average Bonchev–Trinajstić information content (AvgIpc) is 3.21. The molecule has 0 spiro atoms. The Labute approximate surface area is 154 Å². The van der Waals surface area contributed by atoms with Crippen molar-refractivity contribution in [1.29, 1.82) is 0 Å². The summed E-state index contributed by atoms with van der Waals surface area (Å²) in [6.07, 6.45) is 0. The van der Waals surface area contributed by atoms with Crippen LogP contribution < -0.4 is 0 Å². The van der Waals surface area contributed by atoms with Gasteiger partial charge in [0.05, 0.1) is 27.8 Å². The highest BCUT2D eigenvalue weighted by Gasteiger charge is 2.20. The molecule has 0 unspecified atom stereocenters. The van der Waals surface area contributed by atoms with Gasteiger partial charge in [0.25, 0.3) is 0 Å². The molecule has 0 radical (unpaired) electrons. The normalized spacial score (nSPS) is 11.8. The first-order chi connectivity index (χ1) is 11.9. The Bertz CT molecular complexity index is 884. The number of benzene rings is 1. The smallest absolute Gasteiger partial charge is 0.238 e. The topological polar surface area (TPSA) is 76.8 Å². The van der Waals surface area contributed by atoms with Crippen LogP contribution in [0.2, 0.25) is 0 Å². The third kappa shape index (κ3) is 4.13. The van der Waals surface area contributed by atoms with Crippen LogP contribution in [0.3, 0.4) is 0 Å². The highest BCUT2D eigenvalue weighted by Crippen LogP contribution is 2.20. The Morgan fingerprint density at radius 1 is 1.32 bits per heavy atom. The van der Waals surface area contributed by atoms with Crippen LogP contribution in [0.15, 0.2) is 23.7 Å². The number of amides is 1. The molecule has 3 aromatic rings. The van der Waals surface area contributed by atoms with Crippen molar-refractivity contribution in [3.63, 3.8) is 0 Å². The predicted octanol–water partition coefficient (Wildman–Crippen LogP) is 2.81. The lowest BCUT2D eigenvalue weighted by Crippen LogP contribution is -2.31. The monoisotopic (exact) mass is 378 g/mol. The van der Waals surface area contributed by atoms with E-state index in [1.54, 1.807) is 21.0 Å². The SMILES string of the molecule is CC(C)(C)n1nnc(CN(Cc2ccc3scnc3c2)C(=O)CCl)n1. The van der Waals surface area contributed by atoms with E-state index in [9.17, 15) is 4.79 Å². The summed E-state index contributed by atoms with van der Waals surface area (Å²) in [5.41, 5.74) is 3.46. The molecule has 0 fully saturated rings. The van der Waals surface area contributed by atoms with Gasteiger partial charge >= 0.3 is 0 Å². The molecule has 9 heteroatoms. The van der Waals surface area contributed by atoms with Gasteiger partial charge in [-0.1, -0.05) is 6.07 Å². The van der Waals surface area contributed by atoms with E-state index in [1.807, 2.05) is 44.5 Å². The van der Waals surface area contributed by atoms with Gasteiger partial charge in [0.15, 0.2) is 5.82 Å². The summed E-state index contributed by atoms with van der Waals surface area (Å²) in [4.78, 5) is 19.7. The van der Waals surface area contributed by atoms with Crippen molar-refractivity contribution in [3.8, 4) is 0 Å². The maximum atomic E-state index is 12.2. The molecule has 0 bridgehead atoms. The minimum Gasteiger partial charge on any atom is -0.330 e. The molecule has 1 aromatic carbocycles. The van der Waals surface area contributed by atoms with Gasteiger partial charge in [-0.25, -0.2) is 4.98 Å². The minimum atomic E-state index is -0.262. The number of rotatable bonds is 5. The number of alkyl halides is 1. The third-order valence-electron chi connectivity index (χ3n) is 3.62. The minimum absolute atomic E-state index is 0.0909. The van der Waals surface area contributed by atoms with Gasteiger partial charge in [-0.15, -0.1) is 33.1 Å². The average molecular weight is 379 g/mol. The van der Waals surface area contributed by atoms with Crippen LogP contribution >= 0.6 is 22.9 Å². The zero-order valence-corrected chi connectivity index (χ0v) is 15.9. The van der Waals surface area contributed by atoms with E-state index < -0.39 is 0 Å². The second-order valence-corrected chi connectivity index (χ2v) is 7.86. The van der Waals surface area contributed by atoms with Gasteiger partial charge in [0.1, 0.15) is 5.88 Å². The second kappa shape index (κ2) is 7.05. The van der Waals surface area contributed by atoms with Crippen LogP contribution in [0.5, 0.6) is 0 Å². The Morgan fingerprint density at radius 2 is 2.12 bits per heavy atom. The zero-order valence-electron chi connectivity index (χ0n) is 14.3. The van der Waals surface area contributed by atoms with Crippen molar-refractivity contribution < 1.29 is 4.79 Å². The van der Waals surface area contributed by atoms with Gasteiger partial charge in [0.2, 0.25) is 5.91 Å². The van der Waals surface area contributed by atoms with Crippen LogP contribution in [-0.2, 0) is 23.4 Å². The summed E-state index contributed by atoms with van der Waals surface area (Å²) >= 11 is 7.36. The number of carbonyl (C=O) groups is 1. The Balaban J connectivity index is 1.79. The summed E-state index contributed by atoms with van der Waals surface area (Å²) in [5, 5.41) is 12.5. The van der Waals surface area contributed by atoms with Crippen molar-refractivity contribution in [2.45, 2.75) is 39.4 Å². The molecule has 2 heterocycles. The van der Waals surface area contributed by atoms with Crippen LogP contribution in [-0.4, -0.2) is 41.9 Å². The van der Waals surface area contributed by atoms with Gasteiger partial charge in [-0.05, 0) is 43.7 Å². The van der Waals surface area contributed by atoms with Gasteiger partial charge in [-0.3, -0.25) is 4.79 Å². The summed E-state index contributed by atoms with van der Waals surface area (Å²) in [7, 11) is 0. The molecule has 7 nitrogen and oxygen atoms in total. The third-order valence-corrected chi connectivity index (χ3v) is 4.66. The fourth-order valence-electron chi connectivity index (χ4n) is 2.30. The van der Waals surface area contributed by atoms with E-state index in [2.05, 4.69) is 20.4 Å². The van der Waals surface area contributed by atoms with Crippen molar-refractivity contribution in [3.05, 3.63) is 35.1 Å². The predicted molar refractivity (Wildman–Crippen MR) is 97.4 cm³/mol. The summed E-state index contributed by atoms with van der Waals surface area (Å²) in [6.45, 7) is 6.65. The molecule has 0 N–H and O–H groups in total. The van der Waals surface area contributed by atoms with Crippen LogP contribution in [0.25, 0.3) is 10.2 Å². The van der Waals surface area contributed by atoms with Crippen LogP contribution in [0, 0.1) is 0 Å². The molecule has 1 amide bonds. The highest BCUT2D eigenvalue weighted by molar-refractivity contribution is 7.16. The van der Waals surface area contributed by atoms with Crippen molar-refractivity contribution >= 4 is 39.1 Å².